The molecule has 1 fully saturated rings. The first-order chi connectivity index (χ1) is 10.7. The molecule has 128 valence electrons. The zero-order valence-corrected chi connectivity index (χ0v) is 13.5. The molecule has 23 heavy (non-hydrogen) atoms. The Balaban J connectivity index is 2.21. The molecule has 1 aliphatic heterocycles. The minimum absolute atomic E-state index is 0.134. The number of rotatable bonds is 5. The molecule has 5 nitrogen and oxygen atoms in total. The number of halogens is 2. The molecule has 1 atom stereocenters. The van der Waals surface area contributed by atoms with Gasteiger partial charge in [-0.3, -0.25) is 4.79 Å². The van der Waals surface area contributed by atoms with E-state index in [1.165, 1.54) is 4.31 Å². The van der Waals surface area contributed by atoms with E-state index < -0.39 is 33.5 Å². The summed E-state index contributed by atoms with van der Waals surface area (Å²) < 4.78 is 51.3. The van der Waals surface area contributed by atoms with E-state index in [2.05, 4.69) is 0 Å². The molecule has 1 heterocycles. The summed E-state index contributed by atoms with van der Waals surface area (Å²) in [5.41, 5.74) is 0.308. The molecule has 2 rings (SSSR count). The van der Waals surface area contributed by atoms with Crippen LogP contribution in [0.1, 0.15) is 30.7 Å². The van der Waals surface area contributed by atoms with E-state index in [1.807, 2.05) is 0 Å². The van der Waals surface area contributed by atoms with Crippen LogP contribution in [0.4, 0.5) is 8.78 Å². The van der Waals surface area contributed by atoms with Crippen LogP contribution in [0, 0.1) is 17.6 Å². The Morgan fingerprint density at radius 2 is 1.78 bits per heavy atom. The maximum atomic E-state index is 13.4. The van der Waals surface area contributed by atoms with Crippen molar-refractivity contribution < 1.29 is 27.1 Å². The summed E-state index contributed by atoms with van der Waals surface area (Å²) in [6.07, 6.45) is 1.81. The van der Waals surface area contributed by atoms with E-state index in [0.29, 0.717) is 18.4 Å². The summed E-state index contributed by atoms with van der Waals surface area (Å²) in [6.45, 7) is 0.578. The van der Waals surface area contributed by atoms with Gasteiger partial charge in [0.2, 0.25) is 10.0 Å². The lowest BCUT2D eigenvalue weighted by Gasteiger charge is -2.34. The average Bonchev–Trinajstić information content (AvgIpc) is 2.42. The van der Waals surface area contributed by atoms with Crippen LogP contribution in [0.25, 0.3) is 0 Å². The van der Waals surface area contributed by atoms with E-state index in [0.717, 1.165) is 24.5 Å². The van der Waals surface area contributed by atoms with Gasteiger partial charge in [-0.25, -0.2) is 21.5 Å². The van der Waals surface area contributed by atoms with Crippen molar-refractivity contribution >= 4 is 16.0 Å². The maximum Gasteiger partial charge on any atom is 0.303 e. The molecule has 1 aromatic rings. The summed E-state index contributed by atoms with van der Waals surface area (Å²) in [5.74, 6) is -3.22. The van der Waals surface area contributed by atoms with Crippen molar-refractivity contribution in [1.29, 1.82) is 0 Å². The standard InChI is InChI=1S/C15H19F2NO4S/c1-23(21,22)18-4-2-10(3-5-18)14(9-15(19)20)11-6-12(16)8-13(17)7-11/h6-8,10,14H,2-5,9H2,1H3,(H,19,20)/t14-/m1/s1. The monoisotopic (exact) mass is 347 g/mol. The van der Waals surface area contributed by atoms with Crippen molar-refractivity contribution in [3.8, 4) is 0 Å². The fourth-order valence-electron chi connectivity index (χ4n) is 3.14. The van der Waals surface area contributed by atoms with Crippen molar-refractivity contribution in [2.24, 2.45) is 5.92 Å². The van der Waals surface area contributed by atoms with Crippen LogP contribution in [-0.4, -0.2) is 43.1 Å². The highest BCUT2D eigenvalue weighted by Crippen LogP contribution is 2.36. The van der Waals surface area contributed by atoms with Gasteiger partial charge in [0, 0.05) is 19.2 Å². The highest BCUT2D eigenvalue weighted by atomic mass is 32.2. The van der Waals surface area contributed by atoms with Crippen molar-refractivity contribution in [3.63, 3.8) is 0 Å². The van der Waals surface area contributed by atoms with Gasteiger partial charge in [-0.2, -0.15) is 0 Å². The molecule has 0 radical (unpaired) electrons. The molecule has 8 heteroatoms. The zero-order valence-electron chi connectivity index (χ0n) is 12.7. The van der Waals surface area contributed by atoms with E-state index in [1.54, 1.807) is 0 Å². The second-order valence-corrected chi connectivity index (χ2v) is 7.89. The smallest absolute Gasteiger partial charge is 0.303 e. The number of nitrogens with zero attached hydrogens (tertiary/aromatic N) is 1. The number of aliphatic carboxylic acids is 1. The first-order valence-corrected chi connectivity index (χ1v) is 9.14. The van der Waals surface area contributed by atoms with Gasteiger partial charge in [-0.1, -0.05) is 0 Å². The van der Waals surface area contributed by atoms with Crippen molar-refractivity contribution in [2.45, 2.75) is 25.2 Å². The molecule has 0 bridgehead atoms. The van der Waals surface area contributed by atoms with Crippen LogP contribution in [-0.2, 0) is 14.8 Å². The van der Waals surface area contributed by atoms with Gasteiger partial charge in [0.05, 0.1) is 12.7 Å². The molecule has 0 spiro atoms. The summed E-state index contributed by atoms with van der Waals surface area (Å²) in [7, 11) is -3.28. The molecule has 1 saturated heterocycles. The minimum Gasteiger partial charge on any atom is -0.481 e. The number of carboxylic acid groups (broad SMARTS) is 1. The number of benzene rings is 1. The molecule has 0 saturated carbocycles. The molecule has 1 aliphatic rings. The topological polar surface area (TPSA) is 74.7 Å². The number of piperidine rings is 1. The number of carbonyl (C=O) groups is 1. The summed E-state index contributed by atoms with van der Waals surface area (Å²) in [6, 6.07) is 3.05. The SMILES string of the molecule is CS(=O)(=O)N1CCC([C@@H](CC(=O)O)c2cc(F)cc(F)c2)CC1. The van der Waals surface area contributed by atoms with Crippen molar-refractivity contribution in [2.75, 3.05) is 19.3 Å². The first kappa shape index (κ1) is 17.8. The summed E-state index contributed by atoms with van der Waals surface area (Å²) in [5, 5.41) is 9.10. The second-order valence-electron chi connectivity index (χ2n) is 5.91. The largest absolute Gasteiger partial charge is 0.481 e. The van der Waals surface area contributed by atoms with Gasteiger partial charge >= 0.3 is 5.97 Å². The molecule has 0 amide bonds. The molecule has 1 aromatic carbocycles. The number of hydrogen-bond acceptors (Lipinski definition) is 3. The van der Waals surface area contributed by atoms with Gasteiger partial charge in [0.25, 0.3) is 0 Å². The van der Waals surface area contributed by atoms with E-state index >= 15 is 0 Å². The lowest BCUT2D eigenvalue weighted by molar-refractivity contribution is -0.137. The van der Waals surface area contributed by atoms with Gasteiger partial charge in [0.15, 0.2) is 0 Å². The molecule has 1 N–H and O–H groups in total. The normalized spacial score (nSPS) is 18.7. The fourth-order valence-corrected chi connectivity index (χ4v) is 4.02. The Morgan fingerprint density at radius 1 is 1.26 bits per heavy atom. The molecular formula is C15H19F2NO4S. The molecule has 0 aliphatic carbocycles. The van der Waals surface area contributed by atoms with E-state index in [9.17, 15) is 22.0 Å². The lowest BCUT2D eigenvalue weighted by Crippen LogP contribution is -2.39. The Morgan fingerprint density at radius 3 is 2.22 bits per heavy atom. The molecular weight excluding hydrogens is 328 g/mol. The fraction of sp³-hybridized carbons (Fsp3) is 0.533. The highest BCUT2D eigenvalue weighted by molar-refractivity contribution is 7.88. The van der Waals surface area contributed by atoms with Crippen LogP contribution in [0.2, 0.25) is 0 Å². The third-order valence-corrected chi connectivity index (χ3v) is 5.55. The first-order valence-electron chi connectivity index (χ1n) is 7.29. The molecule has 0 unspecified atom stereocenters. The van der Waals surface area contributed by atoms with E-state index in [4.69, 9.17) is 5.11 Å². The van der Waals surface area contributed by atoms with Crippen LogP contribution in [0.5, 0.6) is 0 Å². The number of sulfonamides is 1. The Bertz CT molecular complexity index is 664. The summed E-state index contributed by atoms with van der Waals surface area (Å²) >= 11 is 0. The average molecular weight is 347 g/mol. The Kier molecular flexibility index (Phi) is 5.36. The number of hydrogen-bond donors (Lipinski definition) is 1. The van der Waals surface area contributed by atoms with Crippen LogP contribution < -0.4 is 0 Å². The van der Waals surface area contributed by atoms with Gasteiger partial charge in [0.1, 0.15) is 11.6 Å². The predicted octanol–water partition coefficient (Wildman–Crippen LogP) is 2.19. The third kappa shape index (κ3) is 4.71. The quantitative estimate of drug-likeness (QED) is 0.886. The second kappa shape index (κ2) is 6.92. The maximum absolute atomic E-state index is 13.4. The van der Waals surface area contributed by atoms with Gasteiger partial charge in [-0.15, -0.1) is 0 Å². The lowest BCUT2D eigenvalue weighted by atomic mass is 9.78. The van der Waals surface area contributed by atoms with Gasteiger partial charge in [-0.05, 0) is 42.4 Å². The third-order valence-electron chi connectivity index (χ3n) is 4.24. The Hall–Kier alpha value is -1.54. The summed E-state index contributed by atoms with van der Waals surface area (Å²) in [4.78, 5) is 11.1. The minimum atomic E-state index is -3.28. The van der Waals surface area contributed by atoms with Crippen molar-refractivity contribution in [1.82, 2.24) is 4.31 Å². The van der Waals surface area contributed by atoms with Crippen LogP contribution >= 0.6 is 0 Å². The van der Waals surface area contributed by atoms with Crippen LogP contribution in [0.15, 0.2) is 18.2 Å². The number of carboxylic acids is 1. The van der Waals surface area contributed by atoms with Crippen LogP contribution in [0.3, 0.4) is 0 Å². The van der Waals surface area contributed by atoms with Crippen molar-refractivity contribution in [3.05, 3.63) is 35.4 Å². The van der Waals surface area contributed by atoms with E-state index in [-0.39, 0.29) is 25.4 Å². The zero-order chi connectivity index (χ0) is 17.2. The van der Waals surface area contributed by atoms with Gasteiger partial charge < -0.3 is 5.11 Å². The molecule has 0 aromatic heterocycles. The predicted molar refractivity (Wildman–Crippen MR) is 80.5 cm³/mol. The Labute approximate surface area is 134 Å². The highest BCUT2D eigenvalue weighted by Gasteiger charge is 2.32.